The van der Waals surface area contributed by atoms with Crippen LogP contribution in [0, 0.1) is 0 Å². The van der Waals surface area contributed by atoms with E-state index in [0.29, 0.717) is 16.8 Å². The molecule has 0 aliphatic heterocycles. The molecule has 0 saturated carbocycles. The highest BCUT2D eigenvalue weighted by atomic mass is 79.9. The molecule has 0 bridgehead atoms. The zero-order chi connectivity index (χ0) is 13.9. The molecule has 0 atom stereocenters. The summed E-state index contributed by atoms with van der Waals surface area (Å²) in [7, 11) is 1.55. The lowest BCUT2D eigenvalue weighted by Crippen LogP contribution is -1.97. The second-order valence-electron chi connectivity index (χ2n) is 3.83. The van der Waals surface area contributed by atoms with Crippen LogP contribution in [0.1, 0.15) is 5.56 Å². The topological polar surface area (TPSA) is 43.4 Å². The molecule has 19 heavy (non-hydrogen) atoms. The van der Waals surface area contributed by atoms with Gasteiger partial charge in [-0.25, -0.2) is 8.42 Å². The van der Waals surface area contributed by atoms with Gasteiger partial charge < -0.3 is 4.74 Å². The molecule has 2 aromatic carbocycles. The average molecular weight is 362 g/mol. The molecule has 0 fully saturated rings. The lowest BCUT2D eigenvalue weighted by Gasteiger charge is -2.08. The van der Waals surface area contributed by atoms with Gasteiger partial charge >= 0.3 is 0 Å². The fourth-order valence-electron chi connectivity index (χ4n) is 1.50. The van der Waals surface area contributed by atoms with Gasteiger partial charge in [-0.3, -0.25) is 0 Å². The third kappa shape index (κ3) is 4.23. The van der Waals surface area contributed by atoms with Crippen molar-refractivity contribution in [3.8, 4) is 5.75 Å². The van der Waals surface area contributed by atoms with Gasteiger partial charge in [-0.15, -0.1) is 0 Å². The molecule has 0 aromatic heterocycles. The monoisotopic (exact) mass is 360 g/mol. The Labute approximate surface area is 124 Å². The largest absolute Gasteiger partial charge is 0.489 e. The maximum Gasteiger partial charge on any atom is 0.261 e. The Bertz CT molecular complexity index is 672. The number of halogens is 2. The summed E-state index contributed by atoms with van der Waals surface area (Å²) in [5.74, 6) is 0.442. The minimum atomic E-state index is -3.77. The van der Waals surface area contributed by atoms with Crippen LogP contribution in [0.4, 0.5) is 0 Å². The smallest absolute Gasteiger partial charge is 0.261 e. The van der Waals surface area contributed by atoms with E-state index in [0.717, 1.165) is 5.56 Å². The normalized spacial score (nSPS) is 11.3. The molecule has 0 unspecified atom stereocenters. The zero-order valence-electron chi connectivity index (χ0n) is 9.71. The Kier molecular flexibility index (Phi) is 4.50. The summed E-state index contributed by atoms with van der Waals surface area (Å²) in [4.78, 5) is 0.00611. The van der Waals surface area contributed by atoms with E-state index in [-0.39, 0.29) is 4.90 Å². The van der Waals surface area contributed by atoms with Crippen molar-refractivity contribution in [2.45, 2.75) is 11.5 Å². The average Bonchev–Trinajstić information content (AvgIpc) is 2.36. The molecule has 0 radical (unpaired) electrons. The first-order valence-electron chi connectivity index (χ1n) is 5.37. The fourth-order valence-corrected chi connectivity index (χ4v) is 2.92. The summed E-state index contributed by atoms with van der Waals surface area (Å²) < 4.78 is 28.8. The maximum atomic E-state index is 11.3. The molecule has 0 saturated heterocycles. The standard InChI is InChI=1S/C13H10BrClO3S/c14-11-6-12(8-13(7-11)19(15,16)17)18-9-10-4-2-1-3-5-10/h1-8H,9H2. The van der Waals surface area contributed by atoms with Gasteiger partial charge in [0.15, 0.2) is 0 Å². The van der Waals surface area contributed by atoms with Crippen LogP contribution in [0.25, 0.3) is 0 Å². The highest BCUT2D eigenvalue weighted by Gasteiger charge is 2.12. The van der Waals surface area contributed by atoms with Crippen molar-refractivity contribution in [1.82, 2.24) is 0 Å². The van der Waals surface area contributed by atoms with Crippen LogP contribution in [0.3, 0.4) is 0 Å². The van der Waals surface area contributed by atoms with E-state index in [9.17, 15) is 8.42 Å². The van der Waals surface area contributed by atoms with Crippen LogP contribution in [0.5, 0.6) is 5.75 Å². The third-order valence-electron chi connectivity index (χ3n) is 2.37. The van der Waals surface area contributed by atoms with Crippen molar-refractivity contribution in [3.05, 3.63) is 58.6 Å². The maximum absolute atomic E-state index is 11.3. The van der Waals surface area contributed by atoms with Gasteiger partial charge in [0, 0.05) is 21.2 Å². The Hall–Kier alpha value is -1.04. The minimum Gasteiger partial charge on any atom is -0.489 e. The van der Waals surface area contributed by atoms with Crippen molar-refractivity contribution >= 4 is 35.7 Å². The van der Waals surface area contributed by atoms with Gasteiger partial charge in [-0.05, 0) is 17.7 Å². The quantitative estimate of drug-likeness (QED) is 0.774. The van der Waals surface area contributed by atoms with Crippen LogP contribution in [0.2, 0.25) is 0 Å². The van der Waals surface area contributed by atoms with E-state index >= 15 is 0 Å². The Morgan fingerprint density at radius 1 is 1.11 bits per heavy atom. The molecule has 0 aliphatic carbocycles. The van der Waals surface area contributed by atoms with Crippen LogP contribution in [-0.2, 0) is 15.7 Å². The number of hydrogen-bond acceptors (Lipinski definition) is 3. The molecule has 100 valence electrons. The molecule has 2 rings (SSSR count). The summed E-state index contributed by atoms with van der Waals surface area (Å²) in [5, 5.41) is 0. The Balaban J connectivity index is 2.19. The van der Waals surface area contributed by atoms with Gasteiger partial charge in [0.25, 0.3) is 9.05 Å². The van der Waals surface area contributed by atoms with Gasteiger partial charge in [0.2, 0.25) is 0 Å². The van der Waals surface area contributed by atoms with E-state index in [1.54, 1.807) is 6.07 Å². The van der Waals surface area contributed by atoms with E-state index in [1.807, 2.05) is 30.3 Å². The van der Waals surface area contributed by atoms with E-state index in [2.05, 4.69) is 15.9 Å². The van der Waals surface area contributed by atoms with Crippen LogP contribution < -0.4 is 4.74 Å². The summed E-state index contributed by atoms with van der Waals surface area (Å²) in [6, 6.07) is 14.1. The van der Waals surface area contributed by atoms with Gasteiger partial charge in [-0.2, -0.15) is 0 Å². The Morgan fingerprint density at radius 2 is 1.79 bits per heavy atom. The number of rotatable bonds is 4. The minimum absolute atomic E-state index is 0.00611. The molecular weight excluding hydrogens is 352 g/mol. The Morgan fingerprint density at radius 3 is 2.42 bits per heavy atom. The highest BCUT2D eigenvalue weighted by molar-refractivity contribution is 9.10. The van der Waals surface area contributed by atoms with Gasteiger partial charge in [0.05, 0.1) is 4.90 Å². The SMILES string of the molecule is O=S(=O)(Cl)c1cc(Br)cc(OCc2ccccc2)c1. The van der Waals surface area contributed by atoms with Crippen LogP contribution >= 0.6 is 26.6 Å². The molecule has 0 heterocycles. The van der Waals surface area contributed by atoms with Crippen molar-refractivity contribution in [2.75, 3.05) is 0 Å². The number of ether oxygens (including phenoxy) is 1. The summed E-state index contributed by atoms with van der Waals surface area (Å²) >= 11 is 3.23. The zero-order valence-corrected chi connectivity index (χ0v) is 12.9. The molecule has 3 nitrogen and oxygen atoms in total. The first-order chi connectivity index (χ1) is 8.95. The van der Waals surface area contributed by atoms with Crippen LogP contribution in [0.15, 0.2) is 57.9 Å². The fraction of sp³-hybridized carbons (Fsp3) is 0.0769. The molecule has 0 spiro atoms. The van der Waals surface area contributed by atoms with Gasteiger partial charge in [-0.1, -0.05) is 46.3 Å². The molecule has 0 aliphatic rings. The van der Waals surface area contributed by atoms with E-state index < -0.39 is 9.05 Å². The van der Waals surface area contributed by atoms with Crippen molar-refractivity contribution in [3.63, 3.8) is 0 Å². The molecular formula is C13H10BrClO3S. The third-order valence-corrected chi connectivity index (χ3v) is 4.17. The van der Waals surface area contributed by atoms with Crippen LogP contribution in [-0.4, -0.2) is 8.42 Å². The van der Waals surface area contributed by atoms with Crippen molar-refractivity contribution in [1.29, 1.82) is 0 Å². The predicted octanol–water partition coefficient (Wildman–Crippen LogP) is 3.96. The summed E-state index contributed by atoms with van der Waals surface area (Å²) in [6.07, 6.45) is 0. The predicted molar refractivity (Wildman–Crippen MR) is 78.0 cm³/mol. The molecule has 0 amide bonds. The molecule has 6 heteroatoms. The first-order valence-corrected chi connectivity index (χ1v) is 8.47. The first kappa shape index (κ1) is 14.4. The van der Waals surface area contributed by atoms with Gasteiger partial charge in [0.1, 0.15) is 12.4 Å². The van der Waals surface area contributed by atoms with E-state index in [1.165, 1.54) is 12.1 Å². The number of hydrogen-bond donors (Lipinski definition) is 0. The van der Waals surface area contributed by atoms with Crippen molar-refractivity contribution in [2.24, 2.45) is 0 Å². The lowest BCUT2D eigenvalue weighted by atomic mass is 10.2. The van der Waals surface area contributed by atoms with Crippen molar-refractivity contribution < 1.29 is 13.2 Å². The molecule has 0 N–H and O–H groups in total. The summed E-state index contributed by atoms with van der Waals surface area (Å²) in [5.41, 5.74) is 0.998. The lowest BCUT2D eigenvalue weighted by molar-refractivity contribution is 0.305. The second-order valence-corrected chi connectivity index (χ2v) is 7.32. The van der Waals surface area contributed by atoms with E-state index in [4.69, 9.17) is 15.4 Å². The summed E-state index contributed by atoms with van der Waals surface area (Å²) in [6.45, 7) is 0.360. The second kappa shape index (κ2) is 5.94. The highest BCUT2D eigenvalue weighted by Crippen LogP contribution is 2.27. The number of benzene rings is 2. The molecule has 2 aromatic rings.